The summed E-state index contributed by atoms with van der Waals surface area (Å²) in [5, 5.41) is 0. The SMILES string of the molecule is COC12C(F)(F)C3(F)C(F)(F)C(F)(C(F)(F)C(F)(C3(F)F)C1(F)F)C2(F)F. The molecule has 158 valence electrons. The maximum atomic E-state index is 14.4. The van der Waals surface area contributed by atoms with Crippen LogP contribution in [0.15, 0.2) is 0 Å². The predicted octanol–water partition coefficient (Wildman–Crippen LogP) is 4.35. The van der Waals surface area contributed by atoms with Gasteiger partial charge in [-0.3, -0.25) is 0 Å². The Morgan fingerprint density at radius 3 is 0.704 bits per heavy atom. The van der Waals surface area contributed by atoms with E-state index in [1.165, 1.54) is 0 Å². The summed E-state index contributed by atoms with van der Waals surface area (Å²) in [6.07, 6.45) is 0. The molecule has 0 saturated heterocycles. The molecule has 0 amide bonds. The minimum Gasteiger partial charge on any atom is -0.361 e. The third-order valence-corrected chi connectivity index (χ3v) is 5.53. The van der Waals surface area contributed by atoms with Crippen LogP contribution < -0.4 is 0 Å². The molecular formula is C11H3F15O. The zero-order chi connectivity index (χ0) is 21.7. The fourth-order valence-electron chi connectivity index (χ4n) is 4.19. The third kappa shape index (κ3) is 1.08. The van der Waals surface area contributed by atoms with Gasteiger partial charge in [0.2, 0.25) is 0 Å². The summed E-state index contributed by atoms with van der Waals surface area (Å²) in [4.78, 5) is 0. The second-order valence-corrected chi connectivity index (χ2v) is 6.31. The van der Waals surface area contributed by atoms with E-state index in [2.05, 4.69) is 4.74 Å². The van der Waals surface area contributed by atoms with Gasteiger partial charge in [0.05, 0.1) is 0 Å². The Morgan fingerprint density at radius 2 is 0.556 bits per heavy atom. The van der Waals surface area contributed by atoms with Gasteiger partial charge in [-0.2, -0.15) is 52.7 Å². The average Bonchev–Trinajstić information content (AvgIpc) is 2.48. The van der Waals surface area contributed by atoms with Crippen molar-refractivity contribution in [3.8, 4) is 0 Å². The molecule has 1 nitrogen and oxygen atoms in total. The number of halogens is 15. The minimum atomic E-state index is -7.76. The topological polar surface area (TPSA) is 9.23 Å². The van der Waals surface area contributed by atoms with Crippen molar-refractivity contribution in [3.63, 3.8) is 0 Å². The van der Waals surface area contributed by atoms with Crippen molar-refractivity contribution in [1.29, 1.82) is 0 Å². The maximum absolute atomic E-state index is 14.4. The van der Waals surface area contributed by atoms with Crippen molar-refractivity contribution >= 4 is 0 Å². The van der Waals surface area contributed by atoms with E-state index in [0.29, 0.717) is 0 Å². The first-order valence-electron chi connectivity index (χ1n) is 6.45. The monoisotopic (exact) mass is 436 g/mol. The largest absolute Gasteiger partial charge is 0.361 e. The van der Waals surface area contributed by atoms with E-state index in [4.69, 9.17) is 0 Å². The summed E-state index contributed by atoms with van der Waals surface area (Å²) in [5.74, 6) is -45.7. The number of hydrogen-bond acceptors (Lipinski definition) is 1. The van der Waals surface area contributed by atoms with Gasteiger partial charge < -0.3 is 4.74 Å². The first-order chi connectivity index (χ1) is 11.6. The van der Waals surface area contributed by atoms with Crippen LogP contribution in [-0.2, 0) is 4.74 Å². The van der Waals surface area contributed by atoms with Gasteiger partial charge in [0.25, 0.3) is 5.60 Å². The predicted molar refractivity (Wildman–Crippen MR) is 50.9 cm³/mol. The molecule has 16 heteroatoms. The lowest BCUT2D eigenvalue weighted by molar-refractivity contribution is -0.617. The van der Waals surface area contributed by atoms with E-state index in [0.717, 1.165) is 0 Å². The van der Waals surface area contributed by atoms with E-state index in [9.17, 15) is 65.9 Å². The first kappa shape index (κ1) is 20.6. The van der Waals surface area contributed by atoms with Gasteiger partial charge in [0.15, 0.2) is 0 Å². The van der Waals surface area contributed by atoms with Crippen LogP contribution in [0.2, 0.25) is 0 Å². The van der Waals surface area contributed by atoms with Crippen LogP contribution in [0.4, 0.5) is 65.9 Å². The zero-order valence-corrected chi connectivity index (χ0v) is 12.1. The highest BCUT2D eigenvalue weighted by Gasteiger charge is 3.23. The quantitative estimate of drug-likeness (QED) is 0.556. The fraction of sp³-hybridized carbons (Fsp3) is 1.00. The maximum Gasteiger partial charge on any atom is 0.339 e. The summed E-state index contributed by atoms with van der Waals surface area (Å²) < 4.78 is 214. The van der Waals surface area contributed by atoms with Gasteiger partial charge in [-0.05, 0) is 0 Å². The second-order valence-electron chi connectivity index (χ2n) is 6.31. The normalized spacial score (nSPS) is 52.0. The first-order valence-corrected chi connectivity index (χ1v) is 6.45. The van der Waals surface area contributed by atoms with Crippen molar-refractivity contribution in [2.24, 2.45) is 0 Å². The standard InChI is InChI=1S/C11H3F15O/c1-27-5-9(21,22)2(12)6(15,16)3(13,10(5,23)24)8(19,20)4(14,7(2,17)18)11(5,25)26/h1H3. The van der Waals surface area contributed by atoms with E-state index in [-0.39, 0.29) is 0 Å². The van der Waals surface area contributed by atoms with Gasteiger partial charge >= 0.3 is 52.5 Å². The summed E-state index contributed by atoms with van der Waals surface area (Å²) in [7, 11) is -0.673. The minimum absolute atomic E-state index is 0.673. The van der Waals surface area contributed by atoms with Crippen LogP contribution in [0.1, 0.15) is 0 Å². The van der Waals surface area contributed by atoms with Crippen LogP contribution in [0.25, 0.3) is 0 Å². The molecule has 0 spiro atoms. The van der Waals surface area contributed by atoms with Crippen molar-refractivity contribution in [2.45, 2.75) is 58.1 Å². The van der Waals surface area contributed by atoms with Crippen molar-refractivity contribution in [2.75, 3.05) is 7.11 Å². The molecule has 0 N–H and O–H groups in total. The Kier molecular flexibility index (Phi) is 3.03. The van der Waals surface area contributed by atoms with E-state index in [1.54, 1.807) is 0 Å². The van der Waals surface area contributed by atoms with E-state index < -0.39 is 65.3 Å². The molecule has 27 heavy (non-hydrogen) atoms. The molecule has 0 aromatic rings. The van der Waals surface area contributed by atoms with Crippen LogP contribution in [0.5, 0.6) is 0 Å². The Morgan fingerprint density at radius 1 is 0.370 bits per heavy atom. The molecule has 4 fully saturated rings. The van der Waals surface area contributed by atoms with Crippen LogP contribution in [-0.4, -0.2) is 65.3 Å². The molecule has 0 radical (unpaired) electrons. The highest BCUT2D eigenvalue weighted by molar-refractivity contribution is 5.54. The number of ether oxygens (including phenoxy) is 1. The van der Waals surface area contributed by atoms with Crippen LogP contribution >= 0.6 is 0 Å². The van der Waals surface area contributed by atoms with Crippen molar-refractivity contribution in [3.05, 3.63) is 0 Å². The number of alkyl halides is 15. The molecule has 0 atom stereocenters. The smallest absolute Gasteiger partial charge is 0.339 e. The lowest BCUT2D eigenvalue weighted by atomic mass is 9.40. The molecule has 0 aromatic carbocycles. The lowest BCUT2D eigenvalue weighted by Gasteiger charge is -2.74. The molecule has 4 bridgehead atoms. The molecule has 0 aliphatic heterocycles. The van der Waals surface area contributed by atoms with Gasteiger partial charge in [0.1, 0.15) is 0 Å². The number of methoxy groups -OCH3 is 1. The highest BCUT2D eigenvalue weighted by atomic mass is 19.3. The molecule has 0 aromatic heterocycles. The van der Waals surface area contributed by atoms with Gasteiger partial charge in [-0.1, -0.05) is 0 Å². The lowest BCUT2D eigenvalue weighted by Crippen LogP contribution is -3.09. The Labute approximate surface area is 137 Å². The summed E-state index contributed by atoms with van der Waals surface area (Å²) in [6.45, 7) is 0. The third-order valence-electron chi connectivity index (χ3n) is 5.53. The van der Waals surface area contributed by atoms with Gasteiger partial charge in [-0.25, -0.2) is 13.2 Å². The van der Waals surface area contributed by atoms with Gasteiger partial charge in [-0.15, -0.1) is 0 Å². The second kappa shape index (κ2) is 3.97. The Balaban J connectivity index is 2.73. The van der Waals surface area contributed by atoms with Gasteiger partial charge in [0, 0.05) is 7.11 Å². The van der Waals surface area contributed by atoms with Crippen molar-refractivity contribution in [1.82, 2.24) is 0 Å². The fourth-order valence-corrected chi connectivity index (χ4v) is 4.19. The molecule has 4 aliphatic carbocycles. The highest BCUT2D eigenvalue weighted by Crippen LogP contribution is 2.88. The molecule has 0 unspecified atom stereocenters. The molecular weight excluding hydrogens is 433 g/mol. The Hall–Kier alpha value is -1.09. The molecule has 4 aliphatic rings. The number of rotatable bonds is 1. The van der Waals surface area contributed by atoms with E-state index >= 15 is 0 Å². The average molecular weight is 436 g/mol. The summed E-state index contributed by atoms with van der Waals surface area (Å²) in [6, 6.07) is 0. The summed E-state index contributed by atoms with van der Waals surface area (Å²) >= 11 is 0. The Bertz CT molecular complexity index is 612. The van der Waals surface area contributed by atoms with Crippen LogP contribution in [0, 0.1) is 0 Å². The van der Waals surface area contributed by atoms with E-state index in [1.807, 2.05) is 0 Å². The molecule has 4 rings (SSSR count). The molecule has 4 saturated carbocycles. The van der Waals surface area contributed by atoms with Crippen molar-refractivity contribution < 1.29 is 70.6 Å². The summed E-state index contributed by atoms with van der Waals surface area (Å²) in [5.41, 5.74) is -29.5. The number of hydrogen-bond donors (Lipinski definition) is 0. The van der Waals surface area contributed by atoms with Crippen LogP contribution in [0.3, 0.4) is 0 Å². The zero-order valence-electron chi connectivity index (χ0n) is 12.1. The molecule has 0 heterocycles.